The number of rotatable bonds is 4. The Morgan fingerprint density at radius 3 is 2.95 bits per heavy atom. The van der Waals surface area contributed by atoms with Crippen LogP contribution in [0.15, 0.2) is 42.9 Å². The lowest BCUT2D eigenvalue weighted by atomic mass is 10.3. The molecule has 0 spiro atoms. The van der Waals surface area contributed by atoms with Gasteiger partial charge in [0.15, 0.2) is 5.75 Å². The van der Waals surface area contributed by atoms with E-state index in [0.29, 0.717) is 17.3 Å². The minimum atomic E-state index is -0.468. The summed E-state index contributed by atoms with van der Waals surface area (Å²) in [6.45, 7) is 0. The molecular formula is C13H11N5O3. The van der Waals surface area contributed by atoms with Gasteiger partial charge in [-0.25, -0.2) is 9.50 Å². The zero-order valence-electron chi connectivity index (χ0n) is 11.1. The molecule has 0 aliphatic rings. The van der Waals surface area contributed by atoms with Crippen molar-refractivity contribution in [3.8, 4) is 5.75 Å². The van der Waals surface area contributed by atoms with E-state index < -0.39 is 4.92 Å². The van der Waals surface area contributed by atoms with E-state index in [9.17, 15) is 10.1 Å². The number of aromatic nitrogens is 3. The van der Waals surface area contributed by atoms with Crippen molar-refractivity contribution in [1.29, 1.82) is 0 Å². The number of nitrogens with zero attached hydrogens (tertiary/aromatic N) is 4. The zero-order chi connectivity index (χ0) is 14.8. The molecule has 0 bridgehead atoms. The minimum Gasteiger partial charge on any atom is -0.492 e. The molecule has 0 saturated carbocycles. The molecule has 3 rings (SSSR count). The SMILES string of the molecule is COc1c(Nc2cc([N+](=O)[O-])ccn2)ccn2nccc12. The highest BCUT2D eigenvalue weighted by Crippen LogP contribution is 2.31. The summed E-state index contributed by atoms with van der Waals surface area (Å²) in [7, 11) is 1.55. The van der Waals surface area contributed by atoms with Crippen LogP contribution in [0, 0.1) is 10.1 Å². The van der Waals surface area contributed by atoms with E-state index in [1.54, 1.807) is 30.1 Å². The van der Waals surface area contributed by atoms with Crippen LogP contribution in [-0.2, 0) is 0 Å². The first-order valence-corrected chi connectivity index (χ1v) is 6.07. The molecule has 0 saturated heterocycles. The second-order valence-electron chi connectivity index (χ2n) is 4.21. The van der Waals surface area contributed by atoms with Crippen molar-refractivity contribution in [3.63, 3.8) is 0 Å². The summed E-state index contributed by atoms with van der Waals surface area (Å²) in [6, 6.07) is 6.27. The molecule has 0 radical (unpaired) electrons. The molecule has 0 aliphatic heterocycles. The third-order valence-corrected chi connectivity index (χ3v) is 2.95. The Balaban J connectivity index is 2.01. The molecule has 0 aliphatic carbocycles. The Bertz CT molecular complexity index is 814. The van der Waals surface area contributed by atoms with Gasteiger partial charge in [0.2, 0.25) is 0 Å². The lowest BCUT2D eigenvalue weighted by Crippen LogP contribution is -2.00. The Kier molecular flexibility index (Phi) is 3.11. The van der Waals surface area contributed by atoms with Crippen molar-refractivity contribution in [2.75, 3.05) is 12.4 Å². The van der Waals surface area contributed by atoms with Crippen LogP contribution in [0.3, 0.4) is 0 Å². The van der Waals surface area contributed by atoms with E-state index in [1.165, 1.54) is 18.3 Å². The number of pyridine rings is 2. The predicted molar refractivity (Wildman–Crippen MR) is 75.9 cm³/mol. The van der Waals surface area contributed by atoms with Crippen LogP contribution in [0.2, 0.25) is 0 Å². The van der Waals surface area contributed by atoms with Crippen LogP contribution in [-0.4, -0.2) is 26.6 Å². The van der Waals surface area contributed by atoms with E-state index >= 15 is 0 Å². The summed E-state index contributed by atoms with van der Waals surface area (Å²) < 4.78 is 7.05. The summed E-state index contributed by atoms with van der Waals surface area (Å²) in [4.78, 5) is 14.4. The van der Waals surface area contributed by atoms with Gasteiger partial charge in [-0.05, 0) is 12.1 Å². The first-order valence-electron chi connectivity index (χ1n) is 6.07. The summed E-state index contributed by atoms with van der Waals surface area (Å²) in [5.74, 6) is 0.953. The number of nitrogens with one attached hydrogen (secondary N) is 1. The molecule has 3 heterocycles. The monoisotopic (exact) mass is 285 g/mol. The van der Waals surface area contributed by atoms with Gasteiger partial charge in [0.05, 0.1) is 30.0 Å². The Morgan fingerprint density at radius 2 is 2.19 bits per heavy atom. The number of hydrogen-bond acceptors (Lipinski definition) is 6. The van der Waals surface area contributed by atoms with Gasteiger partial charge in [0.1, 0.15) is 11.3 Å². The van der Waals surface area contributed by atoms with E-state index in [2.05, 4.69) is 15.4 Å². The predicted octanol–water partition coefficient (Wildman–Crippen LogP) is 2.39. The van der Waals surface area contributed by atoms with Gasteiger partial charge in [0.25, 0.3) is 5.69 Å². The standard InChI is InChI=1S/C13H11N5O3/c1-21-13-10(4-7-17-11(13)3-6-15-17)16-12-8-9(18(19)20)2-5-14-12/h2-8H,1H3,(H,14,16). The van der Waals surface area contributed by atoms with Gasteiger partial charge in [-0.15, -0.1) is 0 Å². The normalized spacial score (nSPS) is 10.5. The van der Waals surface area contributed by atoms with Crippen LogP contribution in [0.1, 0.15) is 0 Å². The summed E-state index contributed by atoms with van der Waals surface area (Å²) in [5, 5.41) is 17.9. The van der Waals surface area contributed by atoms with Gasteiger partial charge >= 0.3 is 0 Å². The Hall–Kier alpha value is -3.16. The van der Waals surface area contributed by atoms with Gasteiger partial charge in [0, 0.05) is 18.5 Å². The fraction of sp³-hybridized carbons (Fsp3) is 0.0769. The van der Waals surface area contributed by atoms with E-state index in [-0.39, 0.29) is 5.69 Å². The molecule has 3 aromatic heterocycles. The van der Waals surface area contributed by atoms with Crippen molar-refractivity contribution in [3.05, 3.63) is 53.0 Å². The number of fused-ring (bicyclic) bond motifs is 1. The summed E-state index contributed by atoms with van der Waals surface area (Å²) in [5.41, 5.74) is 1.41. The first kappa shape index (κ1) is 12.9. The van der Waals surface area contributed by atoms with E-state index in [1.807, 2.05) is 6.07 Å². The lowest BCUT2D eigenvalue weighted by molar-refractivity contribution is -0.384. The number of nitro groups is 1. The van der Waals surface area contributed by atoms with Crippen LogP contribution < -0.4 is 10.1 Å². The highest BCUT2D eigenvalue weighted by atomic mass is 16.6. The highest BCUT2D eigenvalue weighted by Gasteiger charge is 2.12. The lowest BCUT2D eigenvalue weighted by Gasteiger charge is -2.11. The first-order chi connectivity index (χ1) is 10.2. The maximum absolute atomic E-state index is 10.8. The number of methoxy groups -OCH3 is 1. The van der Waals surface area contributed by atoms with Crippen molar-refractivity contribution in [1.82, 2.24) is 14.6 Å². The molecule has 21 heavy (non-hydrogen) atoms. The largest absolute Gasteiger partial charge is 0.492 e. The molecule has 1 N–H and O–H groups in total. The third-order valence-electron chi connectivity index (χ3n) is 2.95. The fourth-order valence-corrected chi connectivity index (χ4v) is 2.02. The zero-order valence-corrected chi connectivity index (χ0v) is 11.1. The average molecular weight is 285 g/mol. The molecule has 8 nitrogen and oxygen atoms in total. The van der Waals surface area contributed by atoms with Crippen molar-refractivity contribution in [2.45, 2.75) is 0 Å². The van der Waals surface area contributed by atoms with Crippen molar-refractivity contribution < 1.29 is 9.66 Å². The van der Waals surface area contributed by atoms with Crippen LogP contribution in [0.25, 0.3) is 5.52 Å². The van der Waals surface area contributed by atoms with Crippen molar-refractivity contribution >= 4 is 22.7 Å². The molecular weight excluding hydrogens is 274 g/mol. The Labute approximate surface area is 119 Å². The maximum Gasteiger partial charge on any atom is 0.274 e. The highest BCUT2D eigenvalue weighted by molar-refractivity contribution is 5.76. The maximum atomic E-state index is 10.8. The van der Waals surface area contributed by atoms with E-state index in [0.717, 1.165) is 5.52 Å². The quantitative estimate of drug-likeness (QED) is 0.584. The Morgan fingerprint density at radius 1 is 1.33 bits per heavy atom. The second kappa shape index (κ2) is 5.08. The van der Waals surface area contributed by atoms with Crippen LogP contribution >= 0.6 is 0 Å². The topological polar surface area (TPSA) is 94.6 Å². The summed E-state index contributed by atoms with van der Waals surface area (Å²) in [6.07, 6.45) is 4.80. The van der Waals surface area contributed by atoms with Crippen molar-refractivity contribution in [2.24, 2.45) is 0 Å². The van der Waals surface area contributed by atoms with E-state index in [4.69, 9.17) is 4.74 Å². The fourth-order valence-electron chi connectivity index (χ4n) is 2.02. The average Bonchev–Trinajstić information content (AvgIpc) is 2.96. The molecule has 0 aromatic carbocycles. The molecule has 8 heteroatoms. The smallest absolute Gasteiger partial charge is 0.274 e. The van der Waals surface area contributed by atoms with Crippen LogP contribution in [0.5, 0.6) is 5.75 Å². The van der Waals surface area contributed by atoms with Gasteiger partial charge in [-0.1, -0.05) is 0 Å². The van der Waals surface area contributed by atoms with Gasteiger partial charge < -0.3 is 10.1 Å². The van der Waals surface area contributed by atoms with Gasteiger partial charge in [-0.2, -0.15) is 5.10 Å². The molecule has 106 valence electrons. The number of hydrogen-bond donors (Lipinski definition) is 1. The molecule has 0 amide bonds. The summed E-state index contributed by atoms with van der Waals surface area (Å²) >= 11 is 0. The molecule has 3 aromatic rings. The van der Waals surface area contributed by atoms with Crippen LogP contribution in [0.4, 0.5) is 17.2 Å². The minimum absolute atomic E-state index is 0.0307. The third kappa shape index (κ3) is 2.34. The number of anilines is 2. The van der Waals surface area contributed by atoms with Gasteiger partial charge in [-0.3, -0.25) is 10.1 Å². The molecule has 0 unspecified atom stereocenters. The molecule has 0 atom stereocenters. The molecule has 0 fully saturated rings. The second-order valence-corrected chi connectivity index (χ2v) is 4.21. The number of ether oxygens (including phenoxy) is 1.